The van der Waals surface area contributed by atoms with E-state index < -0.39 is 0 Å². The van der Waals surface area contributed by atoms with Gasteiger partial charge in [0.05, 0.1) is 17.4 Å². The lowest BCUT2D eigenvalue weighted by atomic mass is 10.2. The molecule has 3 N–H and O–H groups in total. The number of carbonyl (C=O) groups excluding carboxylic acids is 1. The highest BCUT2D eigenvalue weighted by Crippen LogP contribution is 2.24. The summed E-state index contributed by atoms with van der Waals surface area (Å²) in [5, 5.41) is 11.6. The number of thioether (sulfide) groups is 1. The SMILES string of the molecule is Cc1cc(N)ccc1SCC(=O)Nc1cccc(C#N)c1. The topological polar surface area (TPSA) is 78.9 Å². The summed E-state index contributed by atoms with van der Waals surface area (Å²) >= 11 is 1.46. The van der Waals surface area contributed by atoms with Crippen LogP contribution in [0.5, 0.6) is 0 Å². The first kappa shape index (κ1) is 14.9. The van der Waals surface area contributed by atoms with Gasteiger partial charge >= 0.3 is 0 Å². The van der Waals surface area contributed by atoms with E-state index >= 15 is 0 Å². The van der Waals surface area contributed by atoms with E-state index in [9.17, 15) is 4.79 Å². The van der Waals surface area contributed by atoms with Crippen molar-refractivity contribution in [1.29, 1.82) is 5.26 Å². The first-order chi connectivity index (χ1) is 10.1. The third-order valence-corrected chi connectivity index (χ3v) is 4.01. The monoisotopic (exact) mass is 297 g/mol. The number of nitriles is 1. The van der Waals surface area contributed by atoms with E-state index in [0.29, 0.717) is 17.0 Å². The third-order valence-electron chi connectivity index (χ3n) is 2.83. The zero-order valence-electron chi connectivity index (χ0n) is 11.6. The molecule has 2 aromatic rings. The Hall–Kier alpha value is -2.45. The summed E-state index contributed by atoms with van der Waals surface area (Å²) in [4.78, 5) is 13.0. The van der Waals surface area contributed by atoms with Crippen molar-refractivity contribution in [3.05, 3.63) is 53.6 Å². The summed E-state index contributed by atoms with van der Waals surface area (Å²) in [5.41, 5.74) is 8.63. The van der Waals surface area contributed by atoms with Crippen LogP contribution in [0.4, 0.5) is 11.4 Å². The minimum absolute atomic E-state index is 0.105. The van der Waals surface area contributed by atoms with E-state index in [1.165, 1.54) is 11.8 Å². The van der Waals surface area contributed by atoms with Gasteiger partial charge in [0, 0.05) is 16.3 Å². The molecule has 4 nitrogen and oxygen atoms in total. The number of nitrogens with one attached hydrogen (secondary N) is 1. The number of nitrogens with zero attached hydrogens (tertiary/aromatic N) is 1. The summed E-state index contributed by atoms with van der Waals surface area (Å²) in [6, 6.07) is 14.5. The molecular formula is C16H15N3OS. The molecule has 21 heavy (non-hydrogen) atoms. The average Bonchev–Trinajstić information content (AvgIpc) is 2.46. The van der Waals surface area contributed by atoms with E-state index in [4.69, 9.17) is 11.0 Å². The van der Waals surface area contributed by atoms with Crippen molar-refractivity contribution in [3.8, 4) is 6.07 Å². The zero-order valence-corrected chi connectivity index (χ0v) is 12.4. The van der Waals surface area contributed by atoms with Crippen LogP contribution in [0.15, 0.2) is 47.4 Å². The molecule has 0 aliphatic heterocycles. The Balaban J connectivity index is 1.94. The highest BCUT2D eigenvalue weighted by molar-refractivity contribution is 8.00. The zero-order chi connectivity index (χ0) is 15.2. The van der Waals surface area contributed by atoms with Crippen molar-refractivity contribution < 1.29 is 4.79 Å². The highest BCUT2D eigenvalue weighted by atomic mass is 32.2. The highest BCUT2D eigenvalue weighted by Gasteiger charge is 2.06. The number of amides is 1. The molecule has 1 amide bonds. The number of carbonyl (C=O) groups is 1. The maximum Gasteiger partial charge on any atom is 0.234 e. The number of benzene rings is 2. The Bertz CT molecular complexity index is 707. The van der Waals surface area contributed by atoms with Crippen LogP contribution in [0.2, 0.25) is 0 Å². The molecular weight excluding hydrogens is 282 g/mol. The van der Waals surface area contributed by atoms with E-state index in [2.05, 4.69) is 5.32 Å². The molecule has 106 valence electrons. The average molecular weight is 297 g/mol. The van der Waals surface area contributed by atoms with E-state index in [0.717, 1.165) is 16.1 Å². The summed E-state index contributed by atoms with van der Waals surface area (Å²) in [5.74, 6) is 0.202. The van der Waals surface area contributed by atoms with Gasteiger partial charge in [0.1, 0.15) is 0 Å². The van der Waals surface area contributed by atoms with E-state index in [1.807, 2.05) is 31.2 Å². The van der Waals surface area contributed by atoms with Crippen LogP contribution in [-0.4, -0.2) is 11.7 Å². The second kappa shape index (κ2) is 6.82. The third kappa shape index (κ3) is 4.26. The molecule has 0 saturated heterocycles. The quantitative estimate of drug-likeness (QED) is 0.671. The second-order valence-corrected chi connectivity index (χ2v) is 5.57. The minimum atomic E-state index is -0.105. The largest absolute Gasteiger partial charge is 0.399 e. The summed E-state index contributed by atoms with van der Waals surface area (Å²) in [7, 11) is 0. The number of hydrogen-bond donors (Lipinski definition) is 2. The molecule has 0 aliphatic rings. The predicted molar refractivity (Wildman–Crippen MR) is 86.1 cm³/mol. The fraction of sp³-hybridized carbons (Fsp3) is 0.125. The lowest BCUT2D eigenvalue weighted by molar-refractivity contribution is -0.113. The Kier molecular flexibility index (Phi) is 4.85. The van der Waals surface area contributed by atoms with Crippen LogP contribution in [-0.2, 0) is 4.79 Å². The summed E-state index contributed by atoms with van der Waals surface area (Å²) in [6.07, 6.45) is 0. The van der Waals surface area contributed by atoms with Crippen molar-refractivity contribution in [2.24, 2.45) is 0 Å². The van der Waals surface area contributed by atoms with Gasteiger partial charge in [0.25, 0.3) is 0 Å². The lowest BCUT2D eigenvalue weighted by Gasteiger charge is -2.07. The van der Waals surface area contributed by atoms with Gasteiger partial charge < -0.3 is 11.1 Å². The van der Waals surface area contributed by atoms with E-state index in [-0.39, 0.29) is 5.91 Å². The molecule has 0 aromatic heterocycles. The molecule has 5 heteroatoms. The molecule has 0 radical (unpaired) electrons. The number of hydrogen-bond acceptors (Lipinski definition) is 4. The van der Waals surface area contributed by atoms with Gasteiger partial charge in [-0.15, -0.1) is 11.8 Å². The fourth-order valence-electron chi connectivity index (χ4n) is 1.84. The molecule has 0 heterocycles. The van der Waals surface area contributed by atoms with Crippen LogP contribution < -0.4 is 11.1 Å². The van der Waals surface area contributed by atoms with Crippen LogP contribution in [0, 0.1) is 18.3 Å². The molecule has 2 rings (SSSR count). The normalized spacial score (nSPS) is 9.90. The smallest absolute Gasteiger partial charge is 0.234 e. The summed E-state index contributed by atoms with van der Waals surface area (Å²) < 4.78 is 0. The van der Waals surface area contributed by atoms with Crippen molar-refractivity contribution in [3.63, 3.8) is 0 Å². The first-order valence-corrected chi connectivity index (χ1v) is 7.36. The predicted octanol–water partition coefficient (Wildman–Crippen LogP) is 3.18. The standard InChI is InChI=1S/C16H15N3OS/c1-11-7-13(18)5-6-15(11)21-10-16(20)19-14-4-2-3-12(8-14)9-17/h2-8H,10,18H2,1H3,(H,19,20). The maximum absolute atomic E-state index is 11.9. The number of nitrogen functional groups attached to an aromatic ring is 1. The van der Waals surface area contributed by atoms with Gasteiger partial charge in [-0.1, -0.05) is 6.07 Å². The number of nitrogens with two attached hydrogens (primary N) is 1. The second-order valence-electron chi connectivity index (χ2n) is 4.55. The molecule has 0 fully saturated rings. The fourth-order valence-corrected chi connectivity index (χ4v) is 2.65. The van der Waals surface area contributed by atoms with Crippen LogP contribution >= 0.6 is 11.8 Å². The van der Waals surface area contributed by atoms with Crippen molar-refractivity contribution in [2.75, 3.05) is 16.8 Å². The Morgan fingerprint density at radius 3 is 2.86 bits per heavy atom. The van der Waals surface area contributed by atoms with Gasteiger partial charge in [0.15, 0.2) is 0 Å². The van der Waals surface area contributed by atoms with Gasteiger partial charge in [-0.25, -0.2) is 0 Å². The van der Waals surface area contributed by atoms with Crippen LogP contribution in [0.25, 0.3) is 0 Å². The van der Waals surface area contributed by atoms with Crippen LogP contribution in [0.1, 0.15) is 11.1 Å². The molecule has 0 spiro atoms. The molecule has 0 bridgehead atoms. The Morgan fingerprint density at radius 2 is 2.14 bits per heavy atom. The number of anilines is 2. The number of aryl methyl sites for hydroxylation is 1. The summed E-state index contributed by atoms with van der Waals surface area (Å²) in [6.45, 7) is 1.97. The lowest BCUT2D eigenvalue weighted by Crippen LogP contribution is -2.14. The first-order valence-electron chi connectivity index (χ1n) is 6.37. The maximum atomic E-state index is 11.9. The van der Waals surface area contributed by atoms with Gasteiger partial charge in [-0.05, 0) is 48.9 Å². The molecule has 0 atom stereocenters. The van der Waals surface area contributed by atoms with Crippen molar-refractivity contribution >= 4 is 29.0 Å². The van der Waals surface area contributed by atoms with E-state index in [1.54, 1.807) is 24.3 Å². The van der Waals surface area contributed by atoms with Gasteiger partial charge in [-0.3, -0.25) is 4.79 Å². The number of rotatable bonds is 4. The van der Waals surface area contributed by atoms with Crippen molar-refractivity contribution in [1.82, 2.24) is 0 Å². The van der Waals surface area contributed by atoms with Gasteiger partial charge in [0.2, 0.25) is 5.91 Å². The molecule has 2 aromatic carbocycles. The van der Waals surface area contributed by atoms with Crippen LogP contribution in [0.3, 0.4) is 0 Å². The molecule has 0 aliphatic carbocycles. The van der Waals surface area contributed by atoms with Crippen molar-refractivity contribution in [2.45, 2.75) is 11.8 Å². The molecule has 0 saturated carbocycles. The van der Waals surface area contributed by atoms with Gasteiger partial charge in [-0.2, -0.15) is 5.26 Å². The molecule has 0 unspecified atom stereocenters. The Labute approximate surface area is 128 Å². The Morgan fingerprint density at radius 1 is 1.33 bits per heavy atom. The minimum Gasteiger partial charge on any atom is -0.399 e.